The first kappa shape index (κ1) is 13.0. The predicted octanol–water partition coefficient (Wildman–Crippen LogP) is 2.34. The van der Waals surface area contributed by atoms with Gasteiger partial charge in [0.1, 0.15) is 0 Å². The summed E-state index contributed by atoms with van der Waals surface area (Å²) in [6.07, 6.45) is 1.80. The molecule has 0 N–H and O–H groups in total. The maximum Gasteiger partial charge on any atom is 0.244 e. The Labute approximate surface area is 102 Å². The summed E-state index contributed by atoms with van der Waals surface area (Å²) >= 11 is 0. The van der Waals surface area contributed by atoms with Crippen LogP contribution in [0, 0.1) is 6.20 Å². The number of rotatable bonds is 1. The largest absolute Gasteiger partial charge is 0.458 e. The van der Waals surface area contributed by atoms with Crippen LogP contribution in [0.3, 0.4) is 0 Å². The van der Waals surface area contributed by atoms with E-state index in [-0.39, 0.29) is 38.3 Å². The van der Waals surface area contributed by atoms with Crippen LogP contribution in [-0.2, 0) is 32.7 Å². The Hall–Kier alpha value is -0.0161. The molecule has 1 radical (unpaired) electrons. The monoisotopic (exact) mass is 259 g/mol. The first-order chi connectivity index (χ1) is 5.52. The Bertz CT molecular complexity index is 269. The van der Waals surface area contributed by atoms with E-state index in [0.29, 0.717) is 11.3 Å². The summed E-state index contributed by atoms with van der Waals surface area (Å²) in [7, 11) is 1.65. The minimum atomic E-state index is -2.46. The van der Waals surface area contributed by atoms with Gasteiger partial charge in [-0.3, -0.25) is 0 Å². The topological polar surface area (TPSA) is 3.24 Å². The quantitative estimate of drug-likeness (QED) is 0.653. The smallest absolute Gasteiger partial charge is 0.244 e. The summed E-state index contributed by atoms with van der Waals surface area (Å²) in [4.78, 5) is 1.48. The first-order valence-electron chi connectivity index (χ1n) is 3.55. The van der Waals surface area contributed by atoms with Crippen molar-refractivity contribution in [3.05, 3.63) is 35.7 Å². The molecule has 0 saturated heterocycles. The van der Waals surface area contributed by atoms with Crippen LogP contribution in [0.2, 0.25) is 0 Å². The van der Waals surface area contributed by atoms with Gasteiger partial charge in [0.15, 0.2) is 0 Å². The fourth-order valence-corrected chi connectivity index (χ4v) is 1.06. The molecule has 69 valence electrons. The fourth-order valence-electron chi connectivity index (χ4n) is 1.06. The number of alkyl halides is 2. The number of likely N-dealkylation sites (N-methyl/N-ethyl adjacent to an activating group) is 1. The van der Waals surface area contributed by atoms with Crippen LogP contribution >= 0.6 is 0 Å². The normalized spacial score (nSPS) is 16.7. The molecule has 0 aromatic rings. The van der Waals surface area contributed by atoms with Crippen LogP contribution in [0.4, 0.5) is 8.78 Å². The van der Waals surface area contributed by atoms with E-state index in [1.54, 1.807) is 14.0 Å². The van der Waals surface area contributed by atoms with Crippen molar-refractivity contribution < 1.29 is 41.5 Å². The summed E-state index contributed by atoms with van der Waals surface area (Å²) in [6.45, 7) is 5.26. The van der Waals surface area contributed by atoms with E-state index < -0.39 is 6.43 Å². The average Bonchev–Trinajstić information content (AvgIpc) is 1.96. The summed E-state index contributed by atoms with van der Waals surface area (Å²) < 4.78 is 24.6. The van der Waals surface area contributed by atoms with Gasteiger partial charge in [-0.25, -0.2) is 8.78 Å². The predicted molar refractivity (Wildman–Crippen MR) is 43.4 cm³/mol. The van der Waals surface area contributed by atoms with Crippen molar-refractivity contribution in [3.8, 4) is 0 Å². The summed E-state index contributed by atoms with van der Waals surface area (Å²) in [5, 5.41) is 0. The molecule has 0 bridgehead atoms. The van der Waals surface area contributed by atoms with Gasteiger partial charge in [-0.05, 0) is 7.05 Å². The van der Waals surface area contributed by atoms with Crippen LogP contribution in [0.25, 0.3) is 0 Å². The van der Waals surface area contributed by atoms with Crippen molar-refractivity contribution in [2.45, 2.75) is 13.3 Å². The maximum atomic E-state index is 12.3. The van der Waals surface area contributed by atoms with E-state index in [2.05, 4.69) is 12.8 Å². The van der Waals surface area contributed by atoms with Crippen molar-refractivity contribution in [2.24, 2.45) is 0 Å². The minimum Gasteiger partial charge on any atom is -0.458 e. The third kappa shape index (κ3) is 2.99. The van der Waals surface area contributed by atoms with Crippen molar-refractivity contribution in [3.63, 3.8) is 0 Å². The molecule has 1 heterocycles. The van der Waals surface area contributed by atoms with E-state index in [0.717, 1.165) is 0 Å². The zero-order valence-electron chi connectivity index (χ0n) is 7.64. The Morgan fingerprint density at radius 3 is 2.54 bits per heavy atom. The Balaban J connectivity index is 0.00000144. The molecule has 0 saturated carbocycles. The maximum absolute atomic E-state index is 12.3. The Kier molecular flexibility index (Phi) is 5.01. The average molecular weight is 259 g/mol. The Morgan fingerprint density at radius 2 is 2.08 bits per heavy atom. The van der Waals surface area contributed by atoms with Crippen LogP contribution < -0.4 is 0 Å². The minimum absolute atomic E-state index is 0. The molecule has 0 aliphatic carbocycles. The SMILES string of the molecule is C=C1C(C(F)F)=CC(C)=[C-]N1C.[Y]. The van der Waals surface area contributed by atoms with Gasteiger partial charge in [-0.1, -0.05) is 18.2 Å². The molecular weight excluding hydrogens is 249 g/mol. The van der Waals surface area contributed by atoms with E-state index in [9.17, 15) is 8.78 Å². The fraction of sp³-hybridized carbons (Fsp3) is 0.333. The summed E-state index contributed by atoms with van der Waals surface area (Å²) in [5.74, 6) is 0. The molecule has 0 atom stereocenters. The van der Waals surface area contributed by atoms with Crippen LogP contribution in [0.1, 0.15) is 6.92 Å². The van der Waals surface area contributed by atoms with Crippen LogP contribution in [-0.4, -0.2) is 18.4 Å². The number of allylic oxidation sites excluding steroid dienone is 3. The van der Waals surface area contributed by atoms with Gasteiger partial charge in [0.2, 0.25) is 6.43 Å². The Morgan fingerprint density at radius 1 is 1.54 bits per heavy atom. The van der Waals surface area contributed by atoms with Gasteiger partial charge in [0.05, 0.1) is 0 Å². The van der Waals surface area contributed by atoms with E-state index in [1.165, 1.54) is 11.0 Å². The van der Waals surface area contributed by atoms with Gasteiger partial charge in [-0.2, -0.15) is 6.08 Å². The van der Waals surface area contributed by atoms with E-state index >= 15 is 0 Å². The summed E-state index contributed by atoms with van der Waals surface area (Å²) in [6, 6.07) is 0. The molecule has 0 unspecified atom stereocenters. The first-order valence-corrected chi connectivity index (χ1v) is 3.55. The van der Waals surface area contributed by atoms with E-state index in [1.807, 2.05) is 0 Å². The summed E-state index contributed by atoms with van der Waals surface area (Å²) in [5.41, 5.74) is 0.990. The number of nitrogens with zero attached hydrogens (tertiary/aromatic N) is 1. The molecule has 4 heteroatoms. The molecule has 1 aliphatic rings. The van der Waals surface area contributed by atoms with Gasteiger partial charge in [0.25, 0.3) is 0 Å². The van der Waals surface area contributed by atoms with Gasteiger partial charge < -0.3 is 4.90 Å². The van der Waals surface area contributed by atoms with Crippen molar-refractivity contribution in [1.29, 1.82) is 0 Å². The van der Waals surface area contributed by atoms with Crippen molar-refractivity contribution >= 4 is 0 Å². The number of hydrogen-bond donors (Lipinski definition) is 0. The molecule has 0 fully saturated rings. The standard InChI is InChI=1S/C9H10F2N.Y/c1-6-4-8(9(10)11)7(2)12(3)5-6;/h4,9H,2H2,1,3H3;/q-1;. The third-order valence-electron chi connectivity index (χ3n) is 1.69. The van der Waals surface area contributed by atoms with Crippen LogP contribution in [0.5, 0.6) is 0 Å². The van der Waals surface area contributed by atoms with Gasteiger partial charge in [0, 0.05) is 32.7 Å². The molecular formula is C9H10F2NY-. The van der Waals surface area contributed by atoms with Crippen molar-refractivity contribution in [1.82, 2.24) is 4.90 Å². The number of halogens is 2. The molecule has 0 spiro atoms. The molecule has 1 aliphatic heterocycles. The molecule has 1 rings (SSSR count). The molecule has 0 aromatic heterocycles. The molecule has 0 amide bonds. The molecule has 13 heavy (non-hydrogen) atoms. The second kappa shape index (κ2) is 5.01. The van der Waals surface area contributed by atoms with E-state index in [4.69, 9.17) is 0 Å². The third-order valence-corrected chi connectivity index (χ3v) is 1.69. The second-order valence-electron chi connectivity index (χ2n) is 2.70. The molecule has 0 aromatic carbocycles. The van der Waals surface area contributed by atoms with Crippen molar-refractivity contribution in [2.75, 3.05) is 7.05 Å². The molecule has 1 nitrogen and oxygen atoms in total. The van der Waals surface area contributed by atoms with Gasteiger partial charge in [-0.15, -0.1) is 18.4 Å². The number of hydrogen-bond acceptors (Lipinski definition) is 1. The second-order valence-corrected chi connectivity index (χ2v) is 2.70. The zero-order chi connectivity index (χ0) is 9.30. The van der Waals surface area contributed by atoms with Crippen LogP contribution in [0.15, 0.2) is 29.5 Å². The zero-order valence-corrected chi connectivity index (χ0v) is 10.5. The van der Waals surface area contributed by atoms with Gasteiger partial charge >= 0.3 is 0 Å².